The third-order valence-electron chi connectivity index (χ3n) is 1.39. The Morgan fingerprint density at radius 1 is 1.57 bits per heavy atom. The molecular weight excluding hydrogens is 247 g/mol. The Kier molecular flexibility index (Phi) is 8.04. The zero-order chi connectivity index (χ0) is 9.14. The maximum atomic E-state index is 11.1. The van der Waals surface area contributed by atoms with Crippen LogP contribution >= 0.6 is 36.2 Å². The van der Waals surface area contributed by atoms with Crippen molar-refractivity contribution in [2.75, 3.05) is 7.11 Å². The van der Waals surface area contributed by atoms with Crippen molar-refractivity contribution in [1.82, 2.24) is 4.98 Å². The number of esters is 1. The zero-order valence-corrected chi connectivity index (χ0v) is 10.2. The molecule has 82 valence electrons. The molecule has 0 unspecified atom stereocenters. The summed E-state index contributed by atoms with van der Waals surface area (Å²) in [4.78, 5) is 15.7. The second-order valence-electron chi connectivity index (χ2n) is 2.22. The van der Waals surface area contributed by atoms with Gasteiger partial charge in [0.15, 0.2) is 0 Å². The van der Waals surface area contributed by atoms with Gasteiger partial charge in [0, 0.05) is 6.54 Å². The Morgan fingerprint density at radius 2 is 2.14 bits per heavy atom. The van der Waals surface area contributed by atoms with Gasteiger partial charge in [-0.2, -0.15) is 0 Å². The van der Waals surface area contributed by atoms with Crippen molar-refractivity contribution < 1.29 is 9.53 Å². The van der Waals surface area contributed by atoms with Crippen LogP contribution in [0.25, 0.3) is 0 Å². The summed E-state index contributed by atoms with van der Waals surface area (Å²) in [5, 5.41) is 0.757. The minimum Gasteiger partial charge on any atom is -0.465 e. The van der Waals surface area contributed by atoms with E-state index in [0.29, 0.717) is 17.1 Å². The molecule has 0 aliphatic carbocycles. The summed E-state index contributed by atoms with van der Waals surface area (Å²) in [6.07, 6.45) is 0. The number of ether oxygens (including phenoxy) is 1. The van der Waals surface area contributed by atoms with E-state index in [1.807, 2.05) is 0 Å². The lowest BCUT2D eigenvalue weighted by Crippen LogP contribution is -1.99. The zero-order valence-electron chi connectivity index (χ0n) is 7.77. The monoisotopic (exact) mass is 258 g/mol. The van der Waals surface area contributed by atoms with Crippen molar-refractivity contribution >= 4 is 42.1 Å². The highest BCUT2D eigenvalue weighted by Crippen LogP contribution is 2.18. The number of carbonyl (C=O) groups is 1. The van der Waals surface area contributed by atoms with Crippen molar-refractivity contribution in [1.29, 1.82) is 0 Å². The normalized spacial score (nSPS) is 8.50. The van der Waals surface area contributed by atoms with Gasteiger partial charge < -0.3 is 10.5 Å². The second-order valence-corrected chi connectivity index (χ2v) is 3.30. The third-order valence-corrected chi connectivity index (χ3v) is 2.55. The largest absolute Gasteiger partial charge is 0.465 e. The Morgan fingerprint density at radius 3 is 2.50 bits per heavy atom. The van der Waals surface area contributed by atoms with E-state index in [-0.39, 0.29) is 30.8 Å². The Labute approximate surface area is 98.7 Å². The first-order valence-electron chi connectivity index (χ1n) is 3.43. The van der Waals surface area contributed by atoms with Crippen LogP contribution in [0.5, 0.6) is 0 Å². The number of nitrogens with two attached hydrogens (primary N) is 1. The van der Waals surface area contributed by atoms with E-state index in [1.54, 1.807) is 6.92 Å². The first-order valence-corrected chi connectivity index (χ1v) is 4.25. The number of hydrogen-bond acceptors (Lipinski definition) is 5. The van der Waals surface area contributed by atoms with Gasteiger partial charge in [-0.1, -0.05) is 0 Å². The van der Waals surface area contributed by atoms with E-state index < -0.39 is 0 Å². The van der Waals surface area contributed by atoms with Crippen LogP contribution in [0.2, 0.25) is 0 Å². The minimum absolute atomic E-state index is 0. The molecule has 1 rings (SSSR count). The van der Waals surface area contributed by atoms with Gasteiger partial charge in [0.05, 0.1) is 12.8 Å². The summed E-state index contributed by atoms with van der Waals surface area (Å²) in [6.45, 7) is 2.13. The molecule has 4 nitrogen and oxygen atoms in total. The topological polar surface area (TPSA) is 65.2 Å². The molecule has 0 saturated carbocycles. The number of aromatic nitrogens is 1. The molecule has 1 aromatic heterocycles. The van der Waals surface area contributed by atoms with Crippen LogP contribution in [0.4, 0.5) is 0 Å². The van der Waals surface area contributed by atoms with Gasteiger partial charge in [0.1, 0.15) is 9.88 Å². The van der Waals surface area contributed by atoms with Crippen molar-refractivity contribution in [2.24, 2.45) is 5.73 Å². The quantitative estimate of drug-likeness (QED) is 0.818. The Hall–Kier alpha value is -0.360. The molecule has 1 aromatic rings. The predicted octanol–water partition coefficient (Wildman–Crippen LogP) is 1.54. The highest BCUT2D eigenvalue weighted by atomic mass is 35.5. The van der Waals surface area contributed by atoms with Gasteiger partial charge >= 0.3 is 5.97 Å². The lowest BCUT2D eigenvalue weighted by Gasteiger charge is -1.93. The third kappa shape index (κ3) is 3.42. The molecule has 1 heterocycles. The molecule has 0 spiro atoms. The molecule has 0 fully saturated rings. The first-order chi connectivity index (χ1) is 5.69. The van der Waals surface area contributed by atoms with Crippen LogP contribution in [-0.2, 0) is 11.3 Å². The molecule has 0 aromatic carbocycles. The van der Waals surface area contributed by atoms with Gasteiger partial charge in [-0.05, 0) is 6.92 Å². The fraction of sp³-hybridized carbons (Fsp3) is 0.429. The number of nitrogens with zero attached hydrogens (tertiary/aromatic N) is 1. The van der Waals surface area contributed by atoms with Crippen LogP contribution in [0.1, 0.15) is 20.4 Å². The number of carbonyl (C=O) groups excluding carboxylic acids is 1. The molecule has 0 bridgehead atoms. The molecule has 2 N–H and O–H groups in total. The summed E-state index contributed by atoms with van der Waals surface area (Å²) >= 11 is 1.28. The van der Waals surface area contributed by atoms with Crippen molar-refractivity contribution in [3.8, 4) is 0 Å². The number of rotatable bonds is 2. The van der Waals surface area contributed by atoms with Crippen LogP contribution in [0, 0.1) is 6.92 Å². The van der Waals surface area contributed by atoms with Gasteiger partial charge in [-0.15, -0.1) is 36.2 Å². The van der Waals surface area contributed by atoms with Crippen molar-refractivity contribution in [3.05, 3.63) is 15.6 Å². The molecule has 14 heavy (non-hydrogen) atoms. The van der Waals surface area contributed by atoms with Crippen LogP contribution in [-0.4, -0.2) is 18.1 Å². The Bertz CT molecular complexity index is 304. The van der Waals surface area contributed by atoms with E-state index in [9.17, 15) is 4.79 Å². The summed E-state index contributed by atoms with van der Waals surface area (Å²) in [5.74, 6) is -0.343. The van der Waals surface area contributed by atoms with E-state index in [1.165, 1.54) is 18.4 Å². The summed E-state index contributed by atoms with van der Waals surface area (Å²) < 4.78 is 4.57. The van der Waals surface area contributed by atoms with Crippen molar-refractivity contribution in [2.45, 2.75) is 13.5 Å². The fourth-order valence-electron chi connectivity index (χ4n) is 0.822. The first kappa shape index (κ1) is 16.1. The van der Waals surface area contributed by atoms with E-state index >= 15 is 0 Å². The molecule has 0 saturated heterocycles. The SMILES string of the molecule is COC(=O)c1sc(CN)nc1C.Cl.Cl. The minimum atomic E-state index is -0.343. The molecule has 0 amide bonds. The summed E-state index contributed by atoms with van der Waals surface area (Å²) in [6, 6.07) is 0. The number of halogens is 2. The van der Waals surface area contributed by atoms with Gasteiger partial charge in [-0.3, -0.25) is 0 Å². The average molecular weight is 259 g/mol. The molecule has 0 radical (unpaired) electrons. The summed E-state index contributed by atoms with van der Waals surface area (Å²) in [7, 11) is 1.35. The molecular formula is C7H12Cl2N2O2S. The molecule has 7 heteroatoms. The number of aryl methyl sites for hydroxylation is 1. The molecule has 0 aliphatic heterocycles. The van der Waals surface area contributed by atoms with E-state index in [4.69, 9.17) is 5.73 Å². The maximum absolute atomic E-state index is 11.1. The van der Waals surface area contributed by atoms with Gasteiger partial charge in [-0.25, -0.2) is 9.78 Å². The average Bonchev–Trinajstić information content (AvgIpc) is 2.45. The van der Waals surface area contributed by atoms with Gasteiger partial charge in [0.2, 0.25) is 0 Å². The molecule has 0 atom stereocenters. The molecule has 0 aliphatic rings. The van der Waals surface area contributed by atoms with E-state index in [2.05, 4.69) is 9.72 Å². The van der Waals surface area contributed by atoms with Gasteiger partial charge in [0.25, 0.3) is 0 Å². The van der Waals surface area contributed by atoms with Crippen molar-refractivity contribution in [3.63, 3.8) is 0 Å². The standard InChI is InChI=1S/C7H10N2O2S.2ClH/c1-4-6(7(10)11-2)12-5(3-8)9-4;;/h3,8H2,1-2H3;2*1H. The lowest BCUT2D eigenvalue weighted by molar-refractivity contribution is 0.0605. The highest BCUT2D eigenvalue weighted by Gasteiger charge is 2.14. The van der Waals surface area contributed by atoms with Crippen LogP contribution in [0.15, 0.2) is 0 Å². The second kappa shape index (κ2) is 7.00. The smallest absolute Gasteiger partial charge is 0.349 e. The number of hydrogen-bond donors (Lipinski definition) is 1. The Balaban J connectivity index is 0. The number of thiazole rings is 1. The van der Waals surface area contributed by atoms with E-state index in [0.717, 1.165) is 5.01 Å². The van der Waals surface area contributed by atoms with Crippen LogP contribution < -0.4 is 5.73 Å². The number of methoxy groups -OCH3 is 1. The summed E-state index contributed by atoms with van der Waals surface area (Å²) in [5.41, 5.74) is 6.06. The lowest BCUT2D eigenvalue weighted by atomic mass is 10.4. The highest BCUT2D eigenvalue weighted by molar-refractivity contribution is 7.13. The predicted molar refractivity (Wildman–Crippen MR) is 60.6 cm³/mol. The maximum Gasteiger partial charge on any atom is 0.349 e. The fourth-order valence-corrected chi connectivity index (χ4v) is 1.68. The van der Waals surface area contributed by atoms with Crippen LogP contribution in [0.3, 0.4) is 0 Å².